The fourth-order valence-electron chi connectivity index (χ4n) is 5.82. The Kier molecular flexibility index (Phi) is 27.0. The molecule has 0 aliphatic rings. The molecule has 0 saturated heterocycles. The van der Waals surface area contributed by atoms with Gasteiger partial charge in [0.05, 0.1) is 0 Å². The number of quaternary nitrogens is 1. The Morgan fingerprint density at radius 1 is 0.600 bits per heavy atom. The number of phosphoric acid groups is 1. The standard InChI is InChI=1S/C38H76NO10P/c1-3-5-7-9-11-13-15-17-19-21-23-25-27-29-37(42)47-33-35(40)31-39(49-50(44,45)46)32-36(41)34-48-38(43)30-28-26-24-22-20-18-16-14-12-10-8-6-4-2/h35-36,40-41H,3-34H2,1-2H3,(H2,44,45,46)/q+1/p+1/t35-,36-/m0/s1/i1D3,2D3. The van der Waals surface area contributed by atoms with Crippen molar-refractivity contribution in [2.75, 3.05) is 26.3 Å². The number of rotatable bonds is 38. The van der Waals surface area contributed by atoms with Gasteiger partial charge in [-0.2, -0.15) is 5.06 Å². The van der Waals surface area contributed by atoms with Crippen molar-refractivity contribution >= 4 is 19.8 Å². The van der Waals surface area contributed by atoms with Crippen LogP contribution in [0.2, 0.25) is 0 Å². The van der Waals surface area contributed by atoms with Crippen LogP contribution in [0.1, 0.15) is 202 Å². The van der Waals surface area contributed by atoms with Gasteiger partial charge in [0.2, 0.25) is 6.61 Å². The fraction of sp³-hybridized carbons (Fsp3) is 0.947. The van der Waals surface area contributed by atoms with Crippen molar-refractivity contribution in [3.8, 4) is 0 Å². The molecule has 1 radical (unpaired) electrons. The number of esters is 2. The average Bonchev–Trinajstić information content (AvgIpc) is 3.08. The Bertz CT molecular complexity index is 953. The van der Waals surface area contributed by atoms with Crippen LogP contribution in [0, 0.1) is 0 Å². The van der Waals surface area contributed by atoms with E-state index in [1.54, 1.807) is 0 Å². The summed E-state index contributed by atoms with van der Waals surface area (Å²) in [5.41, 5.74) is 0. The third kappa shape index (κ3) is 36.7. The number of carbonyl (C=O) groups is 2. The number of aliphatic hydroxyl groups excluding tert-OH is 2. The van der Waals surface area contributed by atoms with Crippen LogP contribution in [0.5, 0.6) is 0 Å². The highest BCUT2D eigenvalue weighted by Gasteiger charge is 2.31. The van der Waals surface area contributed by atoms with Crippen molar-refractivity contribution in [1.82, 2.24) is 0 Å². The van der Waals surface area contributed by atoms with Gasteiger partial charge >= 0.3 is 19.8 Å². The van der Waals surface area contributed by atoms with Crippen LogP contribution in [-0.4, -0.2) is 70.4 Å². The van der Waals surface area contributed by atoms with Gasteiger partial charge in [0.1, 0.15) is 32.2 Å². The summed E-state index contributed by atoms with van der Waals surface area (Å²) in [6.45, 7) is -5.24. The third-order valence-electron chi connectivity index (χ3n) is 8.66. The van der Waals surface area contributed by atoms with Gasteiger partial charge in [-0.25, -0.2) is 4.57 Å². The second-order valence-electron chi connectivity index (χ2n) is 13.7. The normalized spacial score (nSPS) is 15.9. The first-order valence-electron chi connectivity index (χ1n) is 22.6. The Labute approximate surface area is 313 Å². The SMILES string of the molecule is [2H]C([2H])([2H])CCCCCCCCCCCCCCC(=O)OC[C@@H](O)C[NH+](C[C@H](O)COC(=[O+])CCCCCCCCCCCCCCC([2H])([2H])[2H])OP(=O)(O)O. The van der Waals surface area contributed by atoms with Crippen LogP contribution in [-0.2, 0) is 28.3 Å². The van der Waals surface area contributed by atoms with Gasteiger partial charge in [0, 0.05) is 19.4 Å². The minimum Gasteiger partial charge on any atom is -0.463 e. The molecule has 2 atom stereocenters. The number of nitrogens with one attached hydrogen (secondary N) is 1. The van der Waals surface area contributed by atoms with E-state index in [0.717, 1.165) is 128 Å². The monoisotopic (exact) mass is 745 g/mol. The maximum absolute atomic E-state index is 12.1. The van der Waals surface area contributed by atoms with E-state index in [2.05, 4.69) is 4.62 Å². The lowest BCUT2D eigenvalue weighted by Crippen LogP contribution is -3.13. The molecule has 12 heteroatoms. The second kappa shape index (κ2) is 35.0. The highest BCUT2D eigenvalue weighted by atomic mass is 31.2. The first-order valence-corrected chi connectivity index (χ1v) is 21.2. The molecule has 0 heterocycles. The second-order valence-corrected chi connectivity index (χ2v) is 14.9. The molecular formula is C38H77NO10P+2. The highest BCUT2D eigenvalue weighted by Crippen LogP contribution is 2.32. The zero-order valence-electron chi connectivity index (χ0n) is 37.0. The van der Waals surface area contributed by atoms with Gasteiger partial charge in [-0.15, -0.1) is 0 Å². The predicted octanol–water partition coefficient (Wildman–Crippen LogP) is 7.67. The number of hydrogen-bond acceptors (Lipinski definition) is 8. The van der Waals surface area contributed by atoms with E-state index in [1.165, 1.54) is 12.8 Å². The summed E-state index contributed by atoms with van der Waals surface area (Å²) in [5, 5.41) is 20.4. The first-order chi connectivity index (χ1) is 26.4. The molecular weight excluding hydrogens is 661 g/mol. The zero-order valence-corrected chi connectivity index (χ0v) is 31.9. The number of hydrogen-bond donors (Lipinski definition) is 5. The molecule has 0 bridgehead atoms. The fourth-order valence-corrected chi connectivity index (χ4v) is 6.30. The van der Waals surface area contributed by atoms with Crippen LogP contribution in [0.25, 0.3) is 0 Å². The zero-order chi connectivity index (χ0) is 42.1. The summed E-state index contributed by atoms with van der Waals surface area (Å²) in [5.74, 6) is -0.977. The Morgan fingerprint density at radius 2 is 0.940 bits per heavy atom. The van der Waals surface area contributed by atoms with Gasteiger partial charge < -0.3 is 19.7 Å². The van der Waals surface area contributed by atoms with E-state index in [9.17, 15) is 34.2 Å². The number of hydroxylamine groups is 2. The Hall–Kier alpha value is -1.07. The minimum absolute atomic E-state index is 0.189. The van der Waals surface area contributed by atoms with Gasteiger partial charge in [-0.1, -0.05) is 172 Å². The third-order valence-corrected chi connectivity index (χ3v) is 9.16. The lowest BCUT2D eigenvalue weighted by Gasteiger charge is -2.21. The lowest BCUT2D eigenvalue weighted by molar-refractivity contribution is -1.07. The molecule has 5 N–H and O–H groups in total. The van der Waals surface area contributed by atoms with Crippen LogP contribution >= 0.6 is 7.82 Å². The molecule has 0 amide bonds. The van der Waals surface area contributed by atoms with Gasteiger partial charge in [-0.05, 0) is 12.8 Å². The minimum atomic E-state index is -5.00. The molecule has 0 aromatic heterocycles. The molecule has 297 valence electrons. The van der Waals surface area contributed by atoms with Gasteiger partial charge in [0.15, 0.2) is 6.10 Å². The molecule has 0 aliphatic carbocycles. The Balaban J connectivity index is 3.98. The molecule has 0 rings (SSSR count). The summed E-state index contributed by atoms with van der Waals surface area (Å²) in [6, 6.07) is 0. The number of unbranched alkanes of at least 4 members (excludes halogenated alkanes) is 22. The van der Waals surface area contributed by atoms with E-state index in [4.69, 9.17) is 17.7 Å². The number of carbonyl (C=O) groups excluding carboxylic acids is 2. The molecule has 0 saturated carbocycles. The van der Waals surface area contributed by atoms with Crippen molar-refractivity contribution in [2.24, 2.45) is 0 Å². The van der Waals surface area contributed by atoms with E-state index in [1.807, 2.05) is 0 Å². The quantitative estimate of drug-likeness (QED) is 0.0139. The van der Waals surface area contributed by atoms with E-state index < -0.39 is 72.0 Å². The van der Waals surface area contributed by atoms with E-state index in [0.29, 0.717) is 25.7 Å². The molecule has 0 spiro atoms. The smallest absolute Gasteiger partial charge is 0.463 e. The first kappa shape index (κ1) is 38.6. The maximum atomic E-state index is 12.1. The summed E-state index contributed by atoms with van der Waals surface area (Å²) in [7, 11) is -5.00. The largest absolute Gasteiger partial charge is 0.574 e. The topological polar surface area (TPSA) is 167 Å². The van der Waals surface area contributed by atoms with Crippen molar-refractivity contribution in [3.05, 3.63) is 0 Å². The molecule has 0 aliphatic heterocycles. The van der Waals surface area contributed by atoms with Crippen molar-refractivity contribution in [1.29, 1.82) is 0 Å². The summed E-state index contributed by atoms with van der Waals surface area (Å²) in [4.78, 5) is 42.9. The summed E-state index contributed by atoms with van der Waals surface area (Å²) < 4.78 is 69.7. The predicted molar refractivity (Wildman–Crippen MR) is 198 cm³/mol. The molecule has 0 aromatic carbocycles. The molecule has 11 nitrogen and oxygen atoms in total. The van der Waals surface area contributed by atoms with Crippen LogP contribution in [0.4, 0.5) is 0 Å². The average molecular weight is 745 g/mol. The van der Waals surface area contributed by atoms with Crippen LogP contribution < -0.4 is 5.06 Å². The summed E-state index contributed by atoms with van der Waals surface area (Å²) >= 11 is 0. The van der Waals surface area contributed by atoms with Gasteiger partial charge in [-0.3, -0.25) is 14.6 Å². The van der Waals surface area contributed by atoms with Crippen molar-refractivity contribution < 1.29 is 61.5 Å². The highest BCUT2D eigenvalue weighted by molar-refractivity contribution is 7.46. The molecule has 50 heavy (non-hydrogen) atoms. The van der Waals surface area contributed by atoms with E-state index >= 15 is 0 Å². The lowest BCUT2D eigenvalue weighted by atomic mass is 10.0. The maximum Gasteiger partial charge on any atom is 0.574 e. The van der Waals surface area contributed by atoms with Crippen LogP contribution in [0.3, 0.4) is 0 Å². The van der Waals surface area contributed by atoms with E-state index in [-0.39, 0.29) is 17.9 Å². The summed E-state index contributed by atoms with van der Waals surface area (Å²) in [6.07, 6.45) is 22.7. The van der Waals surface area contributed by atoms with Crippen molar-refractivity contribution in [2.45, 2.75) is 206 Å². The molecule has 0 fully saturated rings. The molecule has 0 unspecified atom stereocenters. The number of ether oxygens (including phenoxy) is 2. The van der Waals surface area contributed by atoms with Crippen molar-refractivity contribution in [3.63, 3.8) is 0 Å². The number of aliphatic hydroxyl groups is 2. The van der Waals surface area contributed by atoms with Crippen LogP contribution in [0.15, 0.2) is 0 Å². The molecule has 0 aromatic rings. The van der Waals surface area contributed by atoms with Gasteiger partial charge in [0.25, 0.3) is 0 Å². The Morgan fingerprint density at radius 3 is 1.32 bits per heavy atom.